The Morgan fingerprint density at radius 2 is 1.15 bits per heavy atom. The topological polar surface area (TPSA) is 509 Å². The number of thioether (sulfide) groups is 2. The van der Waals surface area contributed by atoms with Crippen molar-refractivity contribution in [2.75, 3.05) is 53.1 Å². The van der Waals surface area contributed by atoms with Gasteiger partial charge in [0.25, 0.3) is 50.6 Å². The molecule has 2 aromatic heterocycles. The highest BCUT2D eigenvalue weighted by Gasteiger charge is 2.29. The van der Waals surface area contributed by atoms with Gasteiger partial charge in [-0.05, 0) is 111 Å². The number of aryl methyl sites for hydroxylation is 1. The number of anilines is 2. The molecule has 0 aliphatic rings. The number of hydrogen-bond donors (Lipinski definition) is 8. The van der Waals surface area contributed by atoms with E-state index in [0.29, 0.717) is 5.56 Å². The molecule has 0 radical (unpaired) electrons. The number of carbonyl (C=O) groups excluding carboxylic acids is 2. The highest BCUT2D eigenvalue weighted by Crippen LogP contribution is 2.46. The van der Waals surface area contributed by atoms with Crippen LogP contribution in [0.4, 0.5) is 56.9 Å². The van der Waals surface area contributed by atoms with Gasteiger partial charge in [0.1, 0.15) is 62.0 Å². The molecule has 41 heteroatoms. The van der Waals surface area contributed by atoms with Gasteiger partial charge >= 0.3 is 0 Å². The first-order valence-corrected chi connectivity index (χ1v) is 36.4. The molecule has 7 rings (SSSR count). The molecule has 0 saturated carbocycles. The highest BCUT2D eigenvalue weighted by molar-refractivity contribution is 7.99. The monoisotopic (exact) mass is 1440 g/mol. The third-order valence-corrected chi connectivity index (χ3v) is 19.3. The lowest BCUT2D eigenvalue weighted by molar-refractivity contribution is -0.115. The summed E-state index contributed by atoms with van der Waals surface area (Å²) in [6.45, 7) is 4.91. The molecule has 0 atom stereocenters. The third kappa shape index (κ3) is 19.5. The summed E-state index contributed by atoms with van der Waals surface area (Å²) in [5.41, 5.74) is -1.35. The van der Waals surface area contributed by atoms with Crippen molar-refractivity contribution in [2.24, 2.45) is 40.9 Å². The molecule has 0 aliphatic heterocycles. The maximum Gasteiger partial charge on any atom is 0.300 e. The van der Waals surface area contributed by atoms with Crippen molar-refractivity contribution >= 4 is 171 Å². The van der Waals surface area contributed by atoms with Crippen LogP contribution in [-0.2, 0) is 60.2 Å². The number of imidazole rings is 1. The molecule has 0 bridgehead atoms. The first-order valence-electron chi connectivity index (χ1n) is 26.3. The van der Waals surface area contributed by atoms with Gasteiger partial charge in [0, 0.05) is 35.3 Å². The second-order valence-corrected chi connectivity index (χ2v) is 29.6. The fourth-order valence-corrected chi connectivity index (χ4v) is 14.0. The number of benzene rings is 5. The predicted molar refractivity (Wildman–Crippen MR) is 341 cm³/mol. The van der Waals surface area contributed by atoms with Gasteiger partial charge in [-0.1, -0.05) is 11.6 Å². The number of azo groups is 4. The molecule has 2 amide bonds. The molecule has 33 nitrogen and oxygen atoms in total. The summed E-state index contributed by atoms with van der Waals surface area (Å²) in [7, 11) is -22.0. The number of nitrogens with zero attached hydrogens (tertiary/aromatic N) is 11. The first-order chi connectivity index (χ1) is 43.4. The van der Waals surface area contributed by atoms with E-state index in [-0.39, 0.29) is 143 Å². The van der Waals surface area contributed by atoms with Gasteiger partial charge in [0.15, 0.2) is 16.2 Å². The Balaban J connectivity index is 1.35. The van der Waals surface area contributed by atoms with Gasteiger partial charge in [-0.2, -0.15) is 57.6 Å². The zero-order chi connectivity index (χ0) is 68.5. The minimum atomic E-state index is -5.09. The number of hydrogen-bond acceptors (Lipinski definition) is 27. The summed E-state index contributed by atoms with van der Waals surface area (Å²) < 4.78 is 180. The standard InChI is InChI=1S/C52H52ClN13O20S7/c1-27-19-40(62-65-48-28(2)32(26-54)51-57-34-11-12-43(85-5)50(93(82,83)84)49(34)66(51)52(48)69)44(86-13-6-16-89(70,71)72)23-35(27)59-63-41-22-37(56-30(4)68)39(25-46(41)88-15-8-18-91(76,77)78)61-64-42-21-36(55-29(3)67)38(24-45(42)87-14-7-17-90(73,74)75)60-58-31-9-10-33(53)47(20-31)92(79,80)81/h9-12,19-25,69H,6-8,13-18H2,1-5H3,(H,55,67)(H,56,68)(H,70,71,72)(H,73,74,75)(H,76,77,78)(H,79,80,81)(H,82,83,84). The van der Waals surface area contributed by atoms with Gasteiger partial charge in [-0.15, -0.1) is 54.2 Å². The van der Waals surface area contributed by atoms with Crippen molar-refractivity contribution in [1.29, 1.82) is 5.26 Å². The molecule has 0 saturated heterocycles. The van der Waals surface area contributed by atoms with E-state index in [9.17, 15) is 84.8 Å². The van der Waals surface area contributed by atoms with E-state index in [4.69, 9.17) is 21.1 Å². The van der Waals surface area contributed by atoms with Crippen molar-refractivity contribution < 1.29 is 89.0 Å². The number of methoxy groups -OCH3 is 1. The third-order valence-electron chi connectivity index (χ3n) is 12.4. The van der Waals surface area contributed by atoms with Crippen LogP contribution in [0.2, 0.25) is 5.02 Å². The van der Waals surface area contributed by atoms with Crippen molar-refractivity contribution in [3.05, 3.63) is 88.4 Å². The van der Waals surface area contributed by atoms with Crippen LogP contribution in [0.1, 0.15) is 49.8 Å². The number of halogens is 1. The van der Waals surface area contributed by atoms with Crippen LogP contribution in [0, 0.1) is 25.2 Å². The van der Waals surface area contributed by atoms with Crippen LogP contribution < -0.4 is 20.1 Å². The number of amides is 2. The average Bonchev–Trinajstić information content (AvgIpc) is 1.59. The van der Waals surface area contributed by atoms with Crippen molar-refractivity contribution in [3.63, 3.8) is 0 Å². The number of fused-ring (bicyclic) bond motifs is 3. The molecule has 0 aliphatic carbocycles. The number of rotatable bonds is 28. The van der Waals surface area contributed by atoms with Crippen LogP contribution in [-0.4, -0.2) is 134 Å². The fourth-order valence-electron chi connectivity index (χ4n) is 8.38. The Labute approximate surface area is 543 Å². The van der Waals surface area contributed by atoms with Crippen molar-refractivity contribution in [2.45, 2.75) is 66.5 Å². The van der Waals surface area contributed by atoms with E-state index in [1.54, 1.807) is 6.92 Å². The Morgan fingerprint density at radius 3 is 1.66 bits per heavy atom. The number of nitrogens with one attached hydrogen (secondary N) is 2. The SMILES string of the molecule is COc1ccc2nc3c(C#N)c(C)c(N=Nc4cc(C)c(N=Nc5cc(NC(C)=O)c(N=Nc6cc(NC(C)=O)c(N=Nc7ccc(Cl)c(S(=O)(=O)O)c7)cc6SCCCS(=O)(=O)O)cc5SCCCS(=O)(=O)O)cc4OCCCS(=O)(=O)O)c(O)n3c2c1S(=O)(=O)O. The lowest BCUT2D eigenvalue weighted by Gasteiger charge is -2.13. The van der Waals surface area contributed by atoms with Crippen LogP contribution in [0.25, 0.3) is 16.7 Å². The zero-order valence-corrected chi connectivity index (χ0v) is 55.2. The molecular weight excluding hydrogens is 1390 g/mol. The molecule has 0 fully saturated rings. The van der Waals surface area contributed by atoms with Gasteiger partial charge in [-0.25, -0.2) is 4.98 Å². The van der Waals surface area contributed by atoms with E-state index < -0.39 is 101 Å². The largest absolute Gasteiger partial charge is 0.495 e. The molecule has 0 spiro atoms. The minimum Gasteiger partial charge on any atom is -0.495 e. The van der Waals surface area contributed by atoms with E-state index >= 15 is 0 Å². The molecule has 2 heterocycles. The predicted octanol–water partition coefficient (Wildman–Crippen LogP) is 11.8. The summed E-state index contributed by atoms with van der Waals surface area (Å²) in [5.74, 6) is -4.49. The quantitative estimate of drug-likeness (QED) is 0.00977. The number of carbonyl (C=O) groups is 2. The van der Waals surface area contributed by atoms with E-state index in [2.05, 4.69) is 56.5 Å². The molecule has 8 N–H and O–H groups in total. The maximum absolute atomic E-state index is 12.8. The van der Waals surface area contributed by atoms with Gasteiger partial charge in [0.2, 0.25) is 17.7 Å². The van der Waals surface area contributed by atoms with Crippen LogP contribution >= 0.6 is 35.1 Å². The van der Waals surface area contributed by atoms with E-state index in [1.807, 2.05) is 6.07 Å². The smallest absolute Gasteiger partial charge is 0.300 e. The lowest BCUT2D eigenvalue weighted by Crippen LogP contribution is -2.08. The molecule has 7 aromatic rings. The van der Waals surface area contributed by atoms with Crippen LogP contribution in [0.5, 0.6) is 17.4 Å². The Bertz CT molecular complexity index is 4930. The minimum absolute atomic E-state index is 0.00640. The van der Waals surface area contributed by atoms with Crippen molar-refractivity contribution in [3.8, 4) is 23.4 Å². The fraction of sp³-hybridized carbons (Fsp3) is 0.269. The van der Waals surface area contributed by atoms with Gasteiger partial charge in [-0.3, -0.25) is 36.8 Å². The summed E-state index contributed by atoms with van der Waals surface area (Å²) in [6, 6.07) is 15.9. The lowest BCUT2D eigenvalue weighted by atomic mass is 10.1. The Hall–Kier alpha value is -8.18. The number of ether oxygens (including phenoxy) is 2. The molecule has 0 unspecified atom stereocenters. The normalized spacial score (nSPS) is 12.7. The summed E-state index contributed by atoms with van der Waals surface area (Å²) in [5, 5.41) is 61.6. The zero-order valence-electron chi connectivity index (χ0n) is 48.8. The van der Waals surface area contributed by atoms with Crippen molar-refractivity contribution in [1.82, 2.24) is 9.38 Å². The second kappa shape index (κ2) is 29.8. The summed E-state index contributed by atoms with van der Waals surface area (Å²) in [4.78, 5) is 28.7. The molecular formula is C52H52ClN13O20S7. The average molecular weight is 1440 g/mol. The molecule has 93 heavy (non-hydrogen) atoms. The van der Waals surface area contributed by atoms with E-state index in [0.717, 1.165) is 47.2 Å². The highest BCUT2D eigenvalue weighted by atomic mass is 35.5. The number of pyridine rings is 1. The maximum atomic E-state index is 12.8. The van der Waals surface area contributed by atoms with Gasteiger partial charge < -0.3 is 25.2 Å². The van der Waals surface area contributed by atoms with E-state index in [1.165, 1.54) is 75.4 Å². The van der Waals surface area contributed by atoms with Crippen LogP contribution in [0.15, 0.2) is 127 Å². The summed E-state index contributed by atoms with van der Waals surface area (Å²) >= 11 is 7.98. The molecule has 494 valence electrons. The Morgan fingerprint density at radius 1 is 0.634 bits per heavy atom. The van der Waals surface area contributed by atoms with Gasteiger partial charge in [0.05, 0.1) is 64.3 Å². The molecule has 5 aromatic carbocycles. The number of nitriles is 1. The Kier molecular flexibility index (Phi) is 23.2. The summed E-state index contributed by atoms with van der Waals surface area (Å²) in [6.07, 6.45) is -0.450. The first kappa shape index (κ1) is 72.2. The number of aromatic nitrogens is 2. The second-order valence-electron chi connectivity index (χ2n) is 19.5. The van der Waals surface area contributed by atoms with Crippen LogP contribution in [0.3, 0.4) is 0 Å². The number of aromatic hydroxyl groups is 1.